The lowest BCUT2D eigenvalue weighted by molar-refractivity contribution is -0.137. The smallest absolute Gasteiger partial charge is 0.277 e. The average Bonchev–Trinajstić information content (AvgIpc) is 3.03. The van der Waals surface area contributed by atoms with E-state index in [1.54, 1.807) is 0 Å². The molecule has 0 aliphatic carbocycles. The third-order valence-electron chi connectivity index (χ3n) is 6.47. The van der Waals surface area contributed by atoms with E-state index in [4.69, 9.17) is 0 Å². The first kappa shape index (κ1) is 22.3. The Morgan fingerprint density at radius 2 is 1.59 bits per heavy atom. The predicted octanol–water partition coefficient (Wildman–Crippen LogP) is 4.00. The van der Waals surface area contributed by atoms with Crippen LogP contribution in [0.15, 0.2) is 54.2 Å². The topological polar surface area (TPSA) is 43.9 Å². The Morgan fingerprint density at radius 1 is 0.875 bits per heavy atom. The molecule has 0 unspecified atom stereocenters. The van der Waals surface area contributed by atoms with Gasteiger partial charge in [0.1, 0.15) is 5.70 Å². The van der Waals surface area contributed by atoms with E-state index in [2.05, 4.69) is 47.1 Å². The number of rotatable bonds is 7. The highest BCUT2D eigenvalue weighted by Crippen LogP contribution is 2.34. The van der Waals surface area contributed by atoms with Crippen LogP contribution in [-0.4, -0.2) is 59.2 Å². The maximum absolute atomic E-state index is 13.4. The number of amides is 2. The fourth-order valence-electron chi connectivity index (χ4n) is 4.68. The van der Waals surface area contributed by atoms with Gasteiger partial charge in [-0.15, -0.1) is 0 Å². The van der Waals surface area contributed by atoms with Gasteiger partial charge in [-0.25, -0.2) is 0 Å². The number of carbonyl (C=O) groups excluding carboxylic acids is 2. The van der Waals surface area contributed by atoms with Crippen molar-refractivity contribution in [1.29, 1.82) is 0 Å². The molecule has 1 saturated heterocycles. The predicted molar refractivity (Wildman–Crippen MR) is 128 cm³/mol. The zero-order valence-electron chi connectivity index (χ0n) is 19.4. The van der Waals surface area contributed by atoms with Crippen LogP contribution < -0.4 is 0 Å². The van der Waals surface area contributed by atoms with Crippen molar-refractivity contribution in [3.8, 4) is 0 Å². The van der Waals surface area contributed by atoms with Gasteiger partial charge in [0.05, 0.1) is 5.57 Å². The van der Waals surface area contributed by atoms with Crippen molar-refractivity contribution in [1.82, 2.24) is 14.7 Å². The first-order chi connectivity index (χ1) is 15.5. The quantitative estimate of drug-likeness (QED) is 0.622. The van der Waals surface area contributed by atoms with E-state index in [0.29, 0.717) is 17.8 Å². The summed E-state index contributed by atoms with van der Waals surface area (Å²) < 4.78 is 0. The van der Waals surface area contributed by atoms with Crippen LogP contribution in [0.5, 0.6) is 0 Å². The standard InChI is InChI=1S/C27H33N3O2/c1-4-5-13-30-26(31)24(23-12-11-20(2)18-21(23)3)25(27(30)32)29-16-14-28(15-17-29)19-22-9-7-6-8-10-22/h6-12,18H,4-5,13-17,19H2,1-3H3. The van der Waals surface area contributed by atoms with E-state index >= 15 is 0 Å². The third kappa shape index (κ3) is 4.49. The van der Waals surface area contributed by atoms with Crippen molar-refractivity contribution < 1.29 is 9.59 Å². The average molecular weight is 432 g/mol. The molecule has 0 spiro atoms. The molecule has 4 rings (SSSR count). The lowest BCUT2D eigenvalue weighted by atomic mass is 9.97. The van der Waals surface area contributed by atoms with Gasteiger partial charge in [-0.3, -0.25) is 19.4 Å². The van der Waals surface area contributed by atoms with E-state index < -0.39 is 0 Å². The number of imide groups is 1. The summed E-state index contributed by atoms with van der Waals surface area (Å²) in [5.41, 5.74) is 5.56. The van der Waals surface area contributed by atoms with Crippen LogP contribution in [0.4, 0.5) is 0 Å². The maximum Gasteiger partial charge on any atom is 0.277 e. The molecule has 2 amide bonds. The van der Waals surface area contributed by atoms with Gasteiger partial charge in [0.2, 0.25) is 0 Å². The van der Waals surface area contributed by atoms with E-state index in [1.165, 1.54) is 10.5 Å². The molecule has 2 aromatic carbocycles. The number of aryl methyl sites for hydroxylation is 2. The molecular weight excluding hydrogens is 398 g/mol. The fourth-order valence-corrected chi connectivity index (χ4v) is 4.68. The molecule has 32 heavy (non-hydrogen) atoms. The Hall–Kier alpha value is -2.92. The van der Waals surface area contributed by atoms with E-state index in [1.807, 2.05) is 32.0 Å². The highest BCUT2D eigenvalue weighted by molar-refractivity contribution is 6.35. The summed E-state index contributed by atoms with van der Waals surface area (Å²) >= 11 is 0. The second-order valence-electron chi connectivity index (χ2n) is 8.91. The monoisotopic (exact) mass is 431 g/mol. The largest absolute Gasteiger partial charge is 0.364 e. The number of unbranched alkanes of at least 4 members (excludes halogenated alkanes) is 1. The molecular formula is C27H33N3O2. The highest BCUT2D eigenvalue weighted by Gasteiger charge is 2.42. The Bertz CT molecular complexity index is 1020. The van der Waals surface area contributed by atoms with Crippen LogP contribution in [-0.2, 0) is 16.1 Å². The van der Waals surface area contributed by atoms with Crippen molar-refractivity contribution in [2.45, 2.75) is 40.2 Å². The molecule has 2 aliphatic rings. The molecule has 2 aromatic rings. The van der Waals surface area contributed by atoms with E-state index in [-0.39, 0.29) is 11.8 Å². The molecule has 0 radical (unpaired) electrons. The van der Waals surface area contributed by atoms with Gasteiger partial charge in [-0.05, 0) is 37.0 Å². The van der Waals surface area contributed by atoms with Crippen molar-refractivity contribution in [3.63, 3.8) is 0 Å². The Balaban J connectivity index is 1.60. The first-order valence-corrected chi connectivity index (χ1v) is 11.7. The Labute approximate surface area is 191 Å². The number of nitrogens with zero attached hydrogens (tertiary/aromatic N) is 3. The molecule has 2 heterocycles. The van der Waals surface area contributed by atoms with Gasteiger partial charge in [-0.2, -0.15) is 0 Å². The van der Waals surface area contributed by atoms with Crippen LogP contribution >= 0.6 is 0 Å². The number of hydrogen-bond acceptors (Lipinski definition) is 4. The number of piperazine rings is 1. The fraction of sp³-hybridized carbons (Fsp3) is 0.407. The molecule has 168 valence electrons. The van der Waals surface area contributed by atoms with Crippen LogP contribution in [0.3, 0.4) is 0 Å². The minimum atomic E-state index is -0.142. The molecule has 0 atom stereocenters. The van der Waals surface area contributed by atoms with Gasteiger partial charge in [-0.1, -0.05) is 67.4 Å². The third-order valence-corrected chi connectivity index (χ3v) is 6.47. The summed E-state index contributed by atoms with van der Waals surface area (Å²) in [6.45, 7) is 10.8. The molecule has 2 aliphatic heterocycles. The van der Waals surface area contributed by atoms with Gasteiger partial charge >= 0.3 is 0 Å². The maximum atomic E-state index is 13.4. The normalized spacial score (nSPS) is 17.6. The minimum Gasteiger partial charge on any atom is -0.364 e. The Morgan fingerprint density at radius 3 is 2.25 bits per heavy atom. The second-order valence-corrected chi connectivity index (χ2v) is 8.91. The van der Waals surface area contributed by atoms with Crippen LogP contribution in [0, 0.1) is 13.8 Å². The lowest BCUT2D eigenvalue weighted by Gasteiger charge is -2.36. The van der Waals surface area contributed by atoms with E-state index in [0.717, 1.165) is 62.3 Å². The summed E-state index contributed by atoms with van der Waals surface area (Å²) in [5, 5.41) is 0. The number of carbonyl (C=O) groups is 2. The van der Waals surface area contributed by atoms with Crippen molar-refractivity contribution in [3.05, 3.63) is 76.5 Å². The van der Waals surface area contributed by atoms with Crippen LogP contribution in [0.2, 0.25) is 0 Å². The first-order valence-electron chi connectivity index (χ1n) is 11.7. The summed E-state index contributed by atoms with van der Waals surface area (Å²) in [6, 6.07) is 16.6. The SMILES string of the molecule is CCCCN1C(=O)C(c2ccc(C)cc2C)=C(N2CCN(Cc3ccccc3)CC2)C1=O. The van der Waals surface area contributed by atoms with E-state index in [9.17, 15) is 9.59 Å². The van der Waals surface area contributed by atoms with Gasteiger partial charge in [0.25, 0.3) is 11.8 Å². The molecule has 5 heteroatoms. The zero-order valence-corrected chi connectivity index (χ0v) is 19.4. The number of hydrogen-bond donors (Lipinski definition) is 0. The highest BCUT2D eigenvalue weighted by atomic mass is 16.2. The van der Waals surface area contributed by atoms with Crippen molar-refractivity contribution in [2.24, 2.45) is 0 Å². The van der Waals surface area contributed by atoms with Crippen LogP contribution in [0.1, 0.15) is 42.0 Å². The summed E-state index contributed by atoms with van der Waals surface area (Å²) in [7, 11) is 0. The molecule has 0 saturated carbocycles. The van der Waals surface area contributed by atoms with Crippen molar-refractivity contribution in [2.75, 3.05) is 32.7 Å². The van der Waals surface area contributed by atoms with Gasteiger partial charge < -0.3 is 4.90 Å². The molecule has 0 aromatic heterocycles. The number of benzene rings is 2. The van der Waals surface area contributed by atoms with Crippen LogP contribution in [0.25, 0.3) is 5.57 Å². The summed E-state index contributed by atoms with van der Waals surface area (Å²) in [5.74, 6) is -0.271. The van der Waals surface area contributed by atoms with Gasteiger partial charge in [0, 0.05) is 39.3 Å². The zero-order chi connectivity index (χ0) is 22.7. The second kappa shape index (κ2) is 9.70. The molecule has 1 fully saturated rings. The molecule has 5 nitrogen and oxygen atoms in total. The molecule has 0 N–H and O–H groups in total. The lowest BCUT2D eigenvalue weighted by Crippen LogP contribution is -2.47. The van der Waals surface area contributed by atoms with Crippen molar-refractivity contribution >= 4 is 17.4 Å². The molecule has 0 bridgehead atoms. The minimum absolute atomic E-state index is 0.130. The summed E-state index contributed by atoms with van der Waals surface area (Å²) in [6.07, 6.45) is 1.78. The summed E-state index contributed by atoms with van der Waals surface area (Å²) in [4.78, 5) is 32.9. The van der Waals surface area contributed by atoms with Gasteiger partial charge in [0.15, 0.2) is 0 Å². The Kier molecular flexibility index (Phi) is 6.75.